The molecule has 0 aromatic carbocycles. The number of rotatable bonds is 3. The summed E-state index contributed by atoms with van der Waals surface area (Å²) in [7, 11) is 0. The molecule has 1 aliphatic carbocycles. The molecule has 2 aromatic heterocycles. The van der Waals surface area contributed by atoms with Crippen LogP contribution in [0.2, 0.25) is 0 Å². The van der Waals surface area contributed by atoms with Gasteiger partial charge < -0.3 is 9.52 Å². The lowest BCUT2D eigenvalue weighted by molar-refractivity contribution is 0.0697. The summed E-state index contributed by atoms with van der Waals surface area (Å²) in [4.78, 5) is 11.3. The Kier molecular flexibility index (Phi) is 3.11. The first-order valence-corrected chi connectivity index (χ1v) is 6.62. The first kappa shape index (κ1) is 12.0. The number of carbonyl (C=O) groups is 1. The second kappa shape index (κ2) is 4.91. The number of aromatic nitrogens is 2. The first-order valence-electron chi connectivity index (χ1n) is 6.62. The van der Waals surface area contributed by atoms with Gasteiger partial charge >= 0.3 is 5.97 Å². The largest absolute Gasteiger partial charge is 0.478 e. The van der Waals surface area contributed by atoms with Crippen LogP contribution in [-0.4, -0.2) is 20.9 Å². The van der Waals surface area contributed by atoms with Crippen molar-refractivity contribution in [1.29, 1.82) is 0 Å². The van der Waals surface area contributed by atoms with Crippen LogP contribution in [-0.2, 0) is 0 Å². The van der Waals surface area contributed by atoms with Gasteiger partial charge in [-0.05, 0) is 25.0 Å². The number of carboxylic acid groups (broad SMARTS) is 1. The molecule has 0 bridgehead atoms. The Morgan fingerprint density at radius 2 is 2.16 bits per heavy atom. The minimum atomic E-state index is -0.964. The molecule has 0 spiro atoms. The normalized spacial score (nSPS) is 16.6. The van der Waals surface area contributed by atoms with Gasteiger partial charge in [0, 0.05) is 6.20 Å². The fourth-order valence-electron chi connectivity index (χ4n) is 2.68. The van der Waals surface area contributed by atoms with Crippen LogP contribution < -0.4 is 0 Å². The van der Waals surface area contributed by atoms with Gasteiger partial charge in [0.1, 0.15) is 11.3 Å². The van der Waals surface area contributed by atoms with Gasteiger partial charge in [0.15, 0.2) is 5.76 Å². The van der Waals surface area contributed by atoms with Crippen LogP contribution >= 0.6 is 0 Å². The lowest BCUT2D eigenvalue weighted by Crippen LogP contribution is -2.13. The topological polar surface area (TPSA) is 68.3 Å². The second-order valence-corrected chi connectivity index (χ2v) is 4.95. The molecule has 3 rings (SSSR count). The summed E-state index contributed by atoms with van der Waals surface area (Å²) in [5, 5.41) is 13.7. The average Bonchev–Trinajstić information content (AvgIpc) is 3.08. The molecule has 5 nitrogen and oxygen atoms in total. The minimum absolute atomic E-state index is 0.209. The zero-order valence-corrected chi connectivity index (χ0v) is 10.6. The summed E-state index contributed by atoms with van der Waals surface area (Å²) < 4.78 is 7.08. The van der Waals surface area contributed by atoms with E-state index in [0.717, 1.165) is 12.8 Å². The van der Waals surface area contributed by atoms with E-state index < -0.39 is 5.97 Å². The highest BCUT2D eigenvalue weighted by Crippen LogP contribution is 2.30. The molecule has 1 aliphatic rings. The second-order valence-electron chi connectivity index (χ2n) is 4.95. The van der Waals surface area contributed by atoms with Gasteiger partial charge in [0.2, 0.25) is 0 Å². The third-order valence-corrected chi connectivity index (χ3v) is 3.67. The fourth-order valence-corrected chi connectivity index (χ4v) is 2.68. The maximum absolute atomic E-state index is 11.3. The molecule has 2 heterocycles. The SMILES string of the molecule is O=C(O)c1cn(C2CCCCC2)nc1-c1ccco1. The number of hydrogen-bond acceptors (Lipinski definition) is 3. The summed E-state index contributed by atoms with van der Waals surface area (Å²) >= 11 is 0. The van der Waals surface area contributed by atoms with Crippen LogP contribution in [0.1, 0.15) is 48.5 Å². The van der Waals surface area contributed by atoms with Crippen molar-refractivity contribution in [3.63, 3.8) is 0 Å². The van der Waals surface area contributed by atoms with E-state index in [4.69, 9.17) is 4.42 Å². The van der Waals surface area contributed by atoms with Crippen molar-refractivity contribution in [2.45, 2.75) is 38.1 Å². The fraction of sp³-hybridized carbons (Fsp3) is 0.429. The van der Waals surface area contributed by atoms with Crippen LogP contribution in [0.15, 0.2) is 29.0 Å². The third-order valence-electron chi connectivity index (χ3n) is 3.67. The monoisotopic (exact) mass is 260 g/mol. The van der Waals surface area contributed by atoms with E-state index in [1.807, 2.05) is 0 Å². The molecule has 19 heavy (non-hydrogen) atoms. The van der Waals surface area contributed by atoms with E-state index in [1.54, 1.807) is 23.0 Å². The molecule has 0 amide bonds. The highest BCUT2D eigenvalue weighted by atomic mass is 16.4. The molecule has 0 aliphatic heterocycles. The van der Waals surface area contributed by atoms with Gasteiger partial charge in [-0.3, -0.25) is 4.68 Å². The molecule has 1 saturated carbocycles. The van der Waals surface area contributed by atoms with Crippen molar-refractivity contribution in [2.24, 2.45) is 0 Å². The number of aromatic carboxylic acids is 1. The van der Waals surface area contributed by atoms with Crippen LogP contribution in [0, 0.1) is 0 Å². The lowest BCUT2D eigenvalue weighted by atomic mass is 9.96. The standard InChI is InChI=1S/C14H16N2O3/c17-14(18)11-9-16(10-5-2-1-3-6-10)15-13(11)12-7-4-8-19-12/h4,7-10H,1-3,5-6H2,(H,17,18). The summed E-state index contributed by atoms with van der Waals surface area (Å²) in [5.74, 6) is -0.458. The van der Waals surface area contributed by atoms with Crippen molar-refractivity contribution in [3.8, 4) is 11.5 Å². The smallest absolute Gasteiger partial charge is 0.339 e. The van der Waals surface area contributed by atoms with Gasteiger partial charge in [0.25, 0.3) is 0 Å². The number of hydrogen-bond donors (Lipinski definition) is 1. The van der Waals surface area contributed by atoms with Gasteiger partial charge in [-0.25, -0.2) is 4.79 Å². The van der Waals surface area contributed by atoms with Crippen molar-refractivity contribution < 1.29 is 14.3 Å². The van der Waals surface area contributed by atoms with E-state index in [1.165, 1.54) is 25.5 Å². The predicted molar refractivity (Wildman–Crippen MR) is 69.0 cm³/mol. The van der Waals surface area contributed by atoms with Crippen LogP contribution in [0.4, 0.5) is 0 Å². The molecule has 100 valence electrons. The molecule has 1 fully saturated rings. The quantitative estimate of drug-likeness (QED) is 0.918. The van der Waals surface area contributed by atoms with Crippen molar-refractivity contribution in [3.05, 3.63) is 30.2 Å². The van der Waals surface area contributed by atoms with Crippen LogP contribution in [0.5, 0.6) is 0 Å². The van der Waals surface area contributed by atoms with E-state index >= 15 is 0 Å². The number of nitrogens with zero attached hydrogens (tertiary/aromatic N) is 2. The van der Waals surface area contributed by atoms with Crippen molar-refractivity contribution >= 4 is 5.97 Å². The predicted octanol–water partition coefficient (Wildman–Crippen LogP) is 3.35. The molecule has 0 atom stereocenters. The molecule has 0 unspecified atom stereocenters. The maximum atomic E-state index is 11.3. The summed E-state index contributed by atoms with van der Waals surface area (Å²) in [6, 6.07) is 3.79. The Bertz CT molecular complexity index is 566. The summed E-state index contributed by atoms with van der Waals surface area (Å²) in [5.41, 5.74) is 0.628. The maximum Gasteiger partial charge on any atom is 0.339 e. The number of carboxylic acids is 1. The summed E-state index contributed by atoms with van der Waals surface area (Å²) in [6.45, 7) is 0. The minimum Gasteiger partial charge on any atom is -0.478 e. The molecule has 0 saturated heterocycles. The van der Waals surface area contributed by atoms with E-state index in [2.05, 4.69) is 5.10 Å². The molecule has 2 aromatic rings. The highest BCUT2D eigenvalue weighted by molar-refractivity contribution is 5.93. The Hall–Kier alpha value is -2.04. The van der Waals surface area contributed by atoms with Gasteiger partial charge in [-0.1, -0.05) is 19.3 Å². The van der Waals surface area contributed by atoms with Crippen LogP contribution in [0.25, 0.3) is 11.5 Å². The molecule has 0 radical (unpaired) electrons. The van der Waals surface area contributed by atoms with Gasteiger partial charge in [0.05, 0.1) is 12.3 Å². The van der Waals surface area contributed by atoms with E-state index in [9.17, 15) is 9.90 Å². The molecular formula is C14H16N2O3. The van der Waals surface area contributed by atoms with Crippen molar-refractivity contribution in [2.75, 3.05) is 0 Å². The molecule has 5 heteroatoms. The van der Waals surface area contributed by atoms with Crippen LogP contribution in [0.3, 0.4) is 0 Å². The van der Waals surface area contributed by atoms with E-state index in [-0.39, 0.29) is 5.56 Å². The number of furan rings is 1. The molecular weight excluding hydrogens is 244 g/mol. The van der Waals surface area contributed by atoms with Gasteiger partial charge in [-0.2, -0.15) is 5.10 Å². The Labute approximate surface area is 110 Å². The first-order chi connectivity index (χ1) is 9.25. The highest BCUT2D eigenvalue weighted by Gasteiger charge is 2.23. The zero-order valence-electron chi connectivity index (χ0n) is 10.6. The Morgan fingerprint density at radius 1 is 1.37 bits per heavy atom. The lowest BCUT2D eigenvalue weighted by Gasteiger charge is -2.21. The molecule has 1 N–H and O–H groups in total. The third kappa shape index (κ3) is 2.28. The average molecular weight is 260 g/mol. The summed E-state index contributed by atoms with van der Waals surface area (Å²) in [6.07, 6.45) is 8.92. The van der Waals surface area contributed by atoms with Crippen molar-refractivity contribution in [1.82, 2.24) is 9.78 Å². The Morgan fingerprint density at radius 3 is 2.79 bits per heavy atom. The van der Waals surface area contributed by atoms with E-state index in [0.29, 0.717) is 17.5 Å². The van der Waals surface area contributed by atoms with Gasteiger partial charge in [-0.15, -0.1) is 0 Å². The zero-order chi connectivity index (χ0) is 13.2. The Balaban J connectivity index is 1.99.